The van der Waals surface area contributed by atoms with Crippen molar-refractivity contribution < 1.29 is 14.3 Å². The summed E-state index contributed by atoms with van der Waals surface area (Å²) in [6, 6.07) is 9.07. The highest BCUT2D eigenvalue weighted by Crippen LogP contribution is 2.30. The molecule has 1 aromatic carbocycles. The van der Waals surface area contributed by atoms with Crippen LogP contribution in [0.1, 0.15) is 41.4 Å². The summed E-state index contributed by atoms with van der Waals surface area (Å²) in [5, 5.41) is 0. The number of ether oxygens (including phenoxy) is 1. The lowest BCUT2D eigenvalue weighted by Crippen LogP contribution is -2.43. The van der Waals surface area contributed by atoms with E-state index < -0.39 is 0 Å². The second-order valence-electron chi connectivity index (χ2n) is 8.58. The van der Waals surface area contributed by atoms with Crippen molar-refractivity contribution in [3.05, 3.63) is 54.1 Å². The maximum absolute atomic E-state index is 13.1. The Bertz CT molecular complexity index is 1090. The van der Waals surface area contributed by atoms with Gasteiger partial charge in [0.25, 0.3) is 5.91 Å². The summed E-state index contributed by atoms with van der Waals surface area (Å²) in [7, 11) is 1.61. The Morgan fingerprint density at radius 3 is 2.50 bits per heavy atom. The van der Waals surface area contributed by atoms with Crippen LogP contribution < -0.4 is 4.74 Å². The molecule has 2 fully saturated rings. The van der Waals surface area contributed by atoms with Gasteiger partial charge in [-0.15, -0.1) is 0 Å². The van der Waals surface area contributed by atoms with Crippen LogP contribution in [-0.4, -0.2) is 69.9 Å². The number of piperidine rings is 1. The predicted octanol–water partition coefficient (Wildman–Crippen LogP) is 2.83. The number of amides is 2. The topological polar surface area (TPSA) is 91.4 Å². The molecule has 1 N–H and O–H groups in total. The van der Waals surface area contributed by atoms with Gasteiger partial charge >= 0.3 is 0 Å². The van der Waals surface area contributed by atoms with Gasteiger partial charge in [-0.1, -0.05) is 0 Å². The van der Waals surface area contributed by atoms with E-state index in [1.54, 1.807) is 43.8 Å². The molecule has 3 aromatic rings. The molecule has 166 valence electrons. The minimum absolute atomic E-state index is 0.0131. The number of likely N-dealkylation sites (tertiary alicyclic amines) is 2. The number of methoxy groups -OCH3 is 1. The van der Waals surface area contributed by atoms with E-state index in [2.05, 4.69) is 15.0 Å². The fourth-order valence-corrected chi connectivity index (χ4v) is 4.76. The number of nitrogens with zero attached hydrogens (tertiary/aromatic N) is 4. The van der Waals surface area contributed by atoms with Crippen molar-refractivity contribution in [1.29, 1.82) is 0 Å². The van der Waals surface area contributed by atoms with Crippen LogP contribution in [0.4, 0.5) is 0 Å². The number of carbonyl (C=O) groups is 2. The number of nitrogens with one attached hydrogen (secondary N) is 1. The van der Waals surface area contributed by atoms with Crippen molar-refractivity contribution in [1.82, 2.24) is 24.8 Å². The number of fused-ring (bicyclic) bond motifs is 1. The van der Waals surface area contributed by atoms with Crippen LogP contribution >= 0.6 is 0 Å². The Labute approximate surface area is 186 Å². The van der Waals surface area contributed by atoms with Crippen molar-refractivity contribution in [2.45, 2.75) is 25.2 Å². The van der Waals surface area contributed by atoms with E-state index in [0.717, 1.165) is 35.6 Å². The zero-order valence-corrected chi connectivity index (χ0v) is 18.2. The molecule has 2 saturated heterocycles. The van der Waals surface area contributed by atoms with Crippen LogP contribution in [0.15, 0.2) is 42.7 Å². The van der Waals surface area contributed by atoms with E-state index in [1.165, 1.54) is 0 Å². The quantitative estimate of drug-likeness (QED) is 0.683. The van der Waals surface area contributed by atoms with Crippen molar-refractivity contribution in [2.24, 2.45) is 5.92 Å². The largest absolute Gasteiger partial charge is 0.497 e. The average Bonchev–Trinajstić information content (AvgIpc) is 3.50. The van der Waals surface area contributed by atoms with Gasteiger partial charge in [-0.3, -0.25) is 14.6 Å². The summed E-state index contributed by atoms with van der Waals surface area (Å²) >= 11 is 0. The number of pyridine rings is 1. The Morgan fingerprint density at radius 1 is 1.03 bits per heavy atom. The maximum atomic E-state index is 13.1. The fraction of sp³-hybridized carbons (Fsp3) is 0.417. The molecule has 0 spiro atoms. The predicted molar refractivity (Wildman–Crippen MR) is 119 cm³/mol. The van der Waals surface area contributed by atoms with Gasteiger partial charge < -0.3 is 19.5 Å². The highest BCUT2D eigenvalue weighted by Gasteiger charge is 2.35. The number of rotatable bonds is 4. The summed E-state index contributed by atoms with van der Waals surface area (Å²) in [5.74, 6) is 2.09. The molecule has 8 nitrogen and oxygen atoms in total. The summed E-state index contributed by atoms with van der Waals surface area (Å²) in [4.78, 5) is 41.9. The maximum Gasteiger partial charge on any atom is 0.253 e. The van der Waals surface area contributed by atoms with Crippen LogP contribution in [-0.2, 0) is 4.79 Å². The zero-order valence-electron chi connectivity index (χ0n) is 18.2. The van der Waals surface area contributed by atoms with E-state index in [9.17, 15) is 9.59 Å². The number of hydrogen-bond acceptors (Lipinski definition) is 5. The standard InChI is InChI=1S/C24H27N5O3/c1-32-19-4-2-16(3-5-19)23(30)28-11-7-17(8-12-28)24(31)29-13-9-18(15-29)22-26-20-6-10-25-14-21(20)27-22/h2-6,10,14,17-18H,7-9,11-13,15H2,1H3,(H,26,27). The molecule has 1 unspecified atom stereocenters. The van der Waals surface area contributed by atoms with E-state index in [4.69, 9.17) is 4.74 Å². The lowest BCUT2D eigenvalue weighted by molar-refractivity contribution is -0.135. The van der Waals surface area contributed by atoms with Crippen molar-refractivity contribution in [3.8, 4) is 5.75 Å². The molecule has 1 atom stereocenters. The molecule has 0 aliphatic carbocycles. The van der Waals surface area contributed by atoms with Crippen LogP contribution in [0.3, 0.4) is 0 Å². The van der Waals surface area contributed by atoms with E-state index >= 15 is 0 Å². The van der Waals surface area contributed by atoms with Gasteiger partial charge in [0.2, 0.25) is 5.91 Å². The monoisotopic (exact) mass is 433 g/mol. The molecule has 8 heteroatoms. The first kappa shape index (κ1) is 20.5. The van der Waals surface area contributed by atoms with E-state index in [0.29, 0.717) is 38.0 Å². The second kappa shape index (κ2) is 8.61. The van der Waals surface area contributed by atoms with Gasteiger partial charge in [-0.05, 0) is 49.6 Å². The first-order valence-electron chi connectivity index (χ1n) is 11.1. The van der Waals surface area contributed by atoms with Gasteiger partial charge in [0.15, 0.2) is 0 Å². The number of benzene rings is 1. The molecule has 0 saturated carbocycles. The number of carbonyl (C=O) groups excluding carboxylic acids is 2. The number of aromatic nitrogens is 3. The molecule has 2 aromatic heterocycles. The third-order valence-corrected chi connectivity index (χ3v) is 6.66. The first-order valence-corrected chi connectivity index (χ1v) is 11.1. The van der Waals surface area contributed by atoms with Crippen molar-refractivity contribution >= 4 is 22.8 Å². The van der Waals surface area contributed by atoms with Gasteiger partial charge in [0.1, 0.15) is 11.6 Å². The molecule has 2 aliphatic heterocycles. The normalized spacial score (nSPS) is 19.5. The van der Waals surface area contributed by atoms with Gasteiger partial charge in [-0.2, -0.15) is 0 Å². The highest BCUT2D eigenvalue weighted by molar-refractivity contribution is 5.94. The third-order valence-electron chi connectivity index (χ3n) is 6.66. The molecular weight excluding hydrogens is 406 g/mol. The number of H-pyrrole nitrogens is 1. The Balaban J connectivity index is 1.16. The van der Waals surface area contributed by atoms with Gasteiger partial charge in [-0.25, -0.2) is 4.98 Å². The smallest absolute Gasteiger partial charge is 0.253 e. The molecule has 4 heterocycles. The zero-order chi connectivity index (χ0) is 22.1. The Kier molecular flexibility index (Phi) is 5.51. The molecule has 0 bridgehead atoms. The third kappa shape index (κ3) is 3.92. The molecule has 0 radical (unpaired) electrons. The van der Waals surface area contributed by atoms with Crippen molar-refractivity contribution in [2.75, 3.05) is 33.3 Å². The van der Waals surface area contributed by atoms with E-state index in [-0.39, 0.29) is 23.7 Å². The minimum atomic E-state index is -0.0199. The van der Waals surface area contributed by atoms with Crippen molar-refractivity contribution in [3.63, 3.8) is 0 Å². The molecular formula is C24H27N5O3. The molecule has 2 amide bonds. The van der Waals surface area contributed by atoms with E-state index in [1.807, 2.05) is 15.9 Å². The first-order chi connectivity index (χ1) is 15.6. The summed E-state index contributed by atoms with van der Waals surface area (Å²) in [5.41, 5.74) is 2.49. The summed E-state index contributed by atoms with van der Waals surface area (Å²) < 4.78 is 5.16. The minimum Gasteiger partial charge on any atom is -0.497 e. The SMILES string of the molecule is COc1ccc(C(=O)N2CCC(C(=O)N3CCC(c4nc5ccncc5[nH]4)C3)CC2)cc1. The average molecular weight is 434 g/mol. The van der Waals surface area contributed by atoms with Crippen LogP contribution in [0.5, 0.6) is 5.75 Å². The number of aromatic amines is 1. The van der Waals surface area contributed by atoms with Crippen LogP contribution in [0.25, 0.3) is 11.0 Å². The van der Waals surface area contributed by atoms with Crippen LogP contribution in [0, 0.1) is 5.92 Å². The molecule has 32 heavy (non-hydrogen) atoms. The second-order valence-corrected chi connectivity index (χ2v) is 8.58. The fourth-order valence-electron chi connectivity index (χ4n) is 4.76. The summed E-state index contributed by atoms with van der Waals surface area (Å²) in [6.45, 7) is 2.66. The molecule has 2 aliphatic rings. The molecule has 5 rings (SSSR count). The number of imidazole rings is 1. The Hall–Kier alpha value is -3.42. The summed E-state index contributed by atoms with van der Waals surface area (Å²) in [6.07, 6.45) is 5.85. The lowest BCUT2D eigenvalue weighted by Gasteiger charge is -2.33. The lowest BCUT2D eigenvalue weighted by atomic mass is 9.95. The number of hydrogen-bond donors (Lipinski definition) is 1. The Morgan fingerprint density at radius 2 is 1.78 bits per heavy atom. The van der Waals surface area contributed by atoms with Gasteiger partial charge in [0, 0.05) is 49.8 Å². The van der Waals surface area contributed by atoms with Gasteiger partial charge in [0.05, 0.1) is 24.3 Å². The highest BCUT2D eigenvalue weighted by atomic mass is 16.5. The van der Waals surface area contributed by atoms with Crippen LogP contribution in [0.2, 0.25) is 0 Å².